The maximum atomic E-state index is 12.6. The molecule has 1 N–H and O–H groups in total. The average molecular weight is 285 g/mol. The van der Waals surface area contributed by atoms with Gasteiger partial charge in [-0.3, -0.25) is 4.79 Å². The van der Waals surface area contributed by atoms with E-state index in [0.29, 0.717) is 5.56 Å². The second-order valence-electron chi connectivity index (χ2n) is 5.31. The summed E-state index contributed by atoms with van der Waals surface area (Å²) < 4.78 is 0. The number of rotatable bonds is 4. The Labute approximate surface area is 124 Å². The number of carboxylic acid groups (broad SMARTS) is 1. The van der Waals surface area contributed by atoms with E-state index in [4.69, 9.17) is 11.5 Å². The summed E-state index contributed by atoms with van der Waals surface area (Å²) in [6, 6.07) is 6.28. The number of carboxylic acids is 1. The summed E-state index contributed by atoms with van der Waals surface area (Å²) in [5.74, 6) is 1.33. The quantitative estimate of drug-likeness (QED) is 0.865. The van der Waals surface area contributed by atoms with Crippen molar-refractivity contribution in [3.63, 3.8) is 0 Å². The number of amides is 1. The van der Waals surface area contributed by atoms with Crippen molar-refractivity contribution in [2.24, 2.45) is 0 Å². The van der Waals surface area contributed by atoms with Crippen molar-refractivity contribution < 1.29 is 14.7 Å². The van der Waals surface area contributed by atoms with Crippen molar-refractivity contribution in [2.45, 2.75) is 38.1 Å². The van der Waals surface area contributed by atoms with Crippen molar-refractivity contribution >= 4 is 11.9 Å². The molecule has 4 nitrogen and oxygen atoms in total. The lowest BCUT2D eigenvalue weighted by molar-refractivity contribution is 0.0667. The van der Waals surface area contributed by atoms with Crippen molar-refractivity contribution in [3.8, 4) is 12.3 Å². The molecule has 1 aliphatic carbocycles. The average Bonchev–Trinajstić information content (AvgIpc) is 2.53. The zero-order valence-electron chi connectivity index (χ0n) is 11.9. The molecule has 21 heavy (non-hydrogen) atoms. The van der Waals surface area contributed by atoms with Gasteiger partial charge in [0.1, 0.15) is 0 Å². The second kappa shape index (κ2) is 6.94. The summed E-state index contributed by atoms with van der Waals surface area (Å²) in [5.41, 5.74) is 0.501. The van der Waals surface area contributed by atoms with Gasteiger partial charge in [0, 0.05) is 11.6 Å². The molecule has 0 bridgehead atoms. The molecule has 1 amide bonds. The zero-order chi connectivity index (χ0) is 15.2. The summed E-state index contributed by atoms with van der Waals surface area (Å²) in [6.07, 6.45) is 10.7. The first-order chi connectivity index (χ1) is 10.1. The number of benzene rings is 1. The largest absolute Gasteiger partial charge is 0.478 e. The Bertz CT molecular complexity index is 568. The highest BCUT2D eigenvalue weighted by molar-refractivity contribution is 5.97. The number of carbonyl (C=O) groups excluding carboxylic acids is 1. The number of hydrogen-bond acceptors (Lipinski definition) is 2. The minimum atomic E-state index is -1.04. The molecule has 0 heterocycles. The fourth-order valence-corrected chi connectivity index (χ4v) is 2.81. The Balaban J connectivity index is 2.23. The Morgan fingerprint density at radius 1 is 1.24 bits per heavy atom. The summed E-state index contributed by atoms with van der Waals surface area (Å²) >= 11 is 0. The molecule has 1 fully saturated rings. The van der Waals surface area contributed by atoms with Crippen LogP contribution in [0, 0.1) is 12.3 Å². The van der Waals surface area contributed by atoms with Gasteiger partial charge in [0.15, 0.2) is 0 Å². The van der Waals surface area contributed by atoms with E-state index in [9.17, 15) is 9.59 Å². The normalized spacial score (nSPS) is 15.2. The van der Waals surface area contributed by atoms with E-state index in [1.807, 2.05) is 0 Å². The van der Waals surface area contributed by atoms with Crippen molar-refractivity contribution in [3.05, 3.63) is 35.4 Å². The van der Waals surface area contributed by atoms with E-state index < -0.39 is 5.97 Å². The van der Waals surface area contributed by atoms with Gasteiger partial charge in [-0.2, -0.15) is 0 Å². The molecule has 1 aromatic carbocycles. The molecule has 0 spiro atoms. The number of nitrogens with zero attached hydrogens (tertiary/aromatic N) is 1. The van der Waals surface area contributed by atoms with Crippen molar-refractivity contribution in [1.82, 2.24) is 4.90 Å². The van der Waals surface area contributed by atoms with Crippen LogP contribution in [0.15, 0.2) is 24.3 Å². The molecule has 110 valence electrons. The smallest absolute Gasteiger partial charge is 0.335 e. The Morgan fingerprint density at radius 3 is 2.52 bits per heavy atom. The van der Waals surface area contributed by atoms with Gasteiger partial charge in [-0.25, -0.2) is 4.79 Å². The highest BCUT2D eigenvalue weighted by Gasteiger charge is 2.25. The molecule has 0 aliphatic heterocycles. The van der Waals surface area contributed by atoms with Crippen LogP contribution >= 0.6 is 0 Å². The van der Waals surface area contributed by atoms with E-state index in [1.165, 1.54) is 18.6 Å². The minimum Gasteiger partial charge on any atom is -0.478 e. The van der Waals surface area contributed by atoms with Crippen LogP contribution in [-0.2, 0) is 0 Å². The first-order valence-corrected chi connectivity index (χ1v) is 7.21. The maximum Gasteiger partial charge on any atom is 0.335 e. The van der Waals surface area contributed by atoms with Gasteiger partial charge in [0.2, 0.25) is 0 Å². The Hall–Kier alpha value is -2.28. The zero-order valence-corrected chi connectivity index (χ0v) is 11.9. The number of hydrogen-bond donors (Lipinski definition) is 1. The third kappa shape index (κ3) is 3.63. The predicted octanol–water partition coefficient (Wildman–Crippen LogP) is 2.79. The molecule has 0 aromatic heterocycles. The molecular weight excluding hydrogens is 266 g/mol. The molecule has 1 aliphatic rings. The van der Waals surface area contributed by atoms with Crippen LogP contribution in [0.2, 0.25) is 0 Å². The van der Waals surface area contributed by atoms with Gasteiger partial charge < -0.3 is 10.0 Å². The van der Waals surface area contributed by atoms with E-state index in [0.717, 1.165) is 25.7 Å². The summed E-state index contributed by atoms with van der Waals surface area (Å²) in [5, 5.41) is 9.02. The van der Waals surface area contributed by atoms with E-state index >= 15 is 0 Å². The standard InChI is InChI=1S/C17H19NO3/c1-2-11-18(15-9-4-3-5-10-15)16(19)13-7-6-8-14(12-13)17(20)21/h1,6-8,12,15H,3-5,9-11H2,(H,20,21). The lowest BCUT2D eigenvalue weighted by Gasteiger charge is -2.33. The van der Waals surface area contributed by atoms with Crippen LogP contribution in [0.1, 0.15) is 52.8 Å². The second-order valence-corrected chi connectivity index (χ2v) is 5.31. The van der Waals surface area contributed by atoms with E-state index in [2.05, 4.69) is 5.92 Å². The van der Waals surface area contributed by atoms with Gasteiger partial charge in [-0.15, -0.1) is 6.42 Å². The molecule has 2 rings (SSSR count). The summed E-state index contributed by atoms with van der Waals surface area (Å²) in [6.45, 7) is 0.265. The van der Waals surface area contributed by atoms with Crippen LogP contribution in [0.25, 0.3) is 0 Å². The van der Waals surface area contributed by atoms with Gasteiger partial charge in [-0.05, 0) is 31.0 Å². The van der Waals surface area contributed by atoms with Crippen LogP contribution in [0.4, 0.5) is 0 Å². The van der Waals surface area contributed by atoms with Crippen molar-refractivity contribution in [1.29, 1.82) is 0 Å². The molecule has 1 aromatic rings. The van der Waals surface area contributed by atoms with Gasteiger partial charge in [0.05, 0.1) is 12.1 Å². The van der Waals surface area contributed by atoms with E-state index in [-0.39, 0.29) is 24.1 Å². The van der Waals surface area contributed by atoms with Crippen molar-refractivity contribution in [2.75, 3.05) is 6.54 Å². The minimum absolute atomic E-state index is 0.116. The molecule has 0 unspecified atom stereocenters. The third-order valence-electron chi connectivity index (χ3n) is 3.89. The van der Waals surface area contributed by atoms with Gasteiger partial charge >= 0.3 is 5.97 Å². The first-order valence-electron chi connectivity index (χ1n) is 7.21. The first kappa shape index (κ1) is 15.1. The van der Waals surface area contributed by atoms with Gasteiger partial charge in [0.25, 0.3) is 5.91 Å². The Kier molecular flexibility index (Phi) is 4.99. The fraction of sp³-hybridized carbons (Fsp3) is 0.412. The maximum absolute atomic E-state index is 12.6. The lowest BCUT2D eigenvalue weighted by atomic mass is 9.93. The number of terminal acetylenes is 1. The van der Waals surface area contributed by atoms with Crippen LogP contribution < -0.4 is 0 Å². The number of carbonyl (C=O) groups is 2. The molecule has 4 heteroatoms. The van der Waals surface area contributed by atoms with Crippen LogP contribution in [0.5, 0.6) is 0 Å². The molecule has 0 atom stereocenters. The van der Waals surface area contributed by atoms with Gasteiger partial charge in [-0.1, -0.05) is 31.2 Å². The third-order valence-corrected chi connectivity index (χ3v) is 3.89. The topological polar surface area (TPSA) is 57.6 Å². The Morgan fingerprint density at radius 2 is 1.90 bits per heavy atom. The predicted molar refractivity (Wildman–Crippen MR) is 80.1 cm³/mol. The summed E-state index contributed by atoms with van der Waals surface area (Å²) in [4.78, 5) is 25.4. The highest BCUT2D eigenvalue weighted by Crippen LogP contribution is 2.24. The lowest BCUT2D eigenvalue weighted by Crippen LogP contribution is -2.41. The van der Waals surface area contributed by atoms with Crippen LogP contribution in [-0.4, -0.2) is 34.5 Å². The van der Waals surface area contributed by atoms with E-state index in [1.54, 1.807) is 17.0 Å². The number of aromatic carboxylic acids is 1. The fourth-order valence-electron chi connectivity index (χ4n) is 2.81. The molecule has 0 saturated heterocycles. The monoisotopic (exact) mass is 285 g/mol. The molecular formula is C17H19NO3. The summed E-state index contributed by atoms with van der Waals surface area (Å²) in [7, 11) is 0. The molecule has 0 radical (unpaired) electrons. The highest BCUT2D eigenvalue weighted by atomic mass is 16.4. The SMILES string of the molecule is C#CCN(C(=O)c1cccc(C(=O)O)c1)C1CCCCC1. The molecule has 1 saturated carbocycles. The van der Waals surface area contributed by atoms with Crippen LogP contribution in [0.3, 0.4) is 0 Å².